The number of carbonyl (C=O) groups excluding carboxylic acids is 3. The van der Waals surface area contributed by atoms with Gasteiger partial charge in [0.1, 0.15) is 17.1 Å². The van der Waals surface area contributed by atoms with Crippen LogP contribution >= 0.6 is 12.4 Å². The molecule has 6 N–H and O–H groups in total. The topological polar surface area (TPSA) is 196 Å². The third-order valence-electron chi connectivity index (χ3n) is 5.39. The lowest BCUT2D eigenvalue weighted by molar-refractivity contribution is -0.384. The summed E-state index contributed by atoms with van der Waals surface area (Å²) in [6.45, 7) is 2.10. The molecule has 15 nitrogen and oxygen atoms in total. The molecule has 0 aromatic carbocycles. The average Bonchev–Trinajstić information content (AvgIpc) is 3.52. The van der Waals surface area contributed by atoms with Crippen molar-refractivity contribution in [1.29, 1.82) is 0 Å². The van der Waals surface area contributed by atoms with E-state index in [0.29, 0.717) is 17.1 Å². The first-order chi connectivity index (χ1) is 17.5. The number of halogens is 1. The maximum atomic E-state index is 12.9. The molecule has 38 heavy (non-hydrogen) atoms. The van der Waals surface area contributed by atoms with Crippen LogP contribution < -0.4 is 27.2 Å². The van der Waals surface area contributed by atoms with Gasteiger partial charge in [0.15, 0.2) is 0 Å². The van der Waals surface area contributed by atoms with Gasteiger partial charge in [0.05, 0.1) is 34.9 Å². The van der Waals surface area contributed by atoms with Crippen molar-refractivity contribution < 1.29 is 19.3 Å². The Labute approximate surface area is 223 Å². The smallest absolute Gasteiger partial charge is 0.287 e. The van der Waals surface area contributed by atoms with Crippen molar-refractivity contribution in [1.82, 2.24) is 24.4 Å². The van der Waals surface area contributed by atoms with Crippen LogP contribution in [0.4, 0.5) is 17.1 Å². The number of amides is 3. The Morgan fingerprint density at radius 2 is 1.42 bits per heavy atom. The molecule has 0 aliphatic carbocycles. The van der Waals surface area contributed by atoms with Crippen molar-refractivity contribution in [2.45, 2.75) is 13.0 Å². The van der Waals surface area contributed by atoms with Gasteiger partial charge in [-0.2, -0.15) is 0 Å². The van der Waals surface area contributed by atoms with Crippen LogP contribution in [0.25, 0.3) is 0 Å². The minimum atomic E-state index is -0.587. The Hall–Kier alpha value is -4.63. The number of nitrogens with two attached hydrogens (primary N) is 1. The molecule has 0 bridgehead atoms. The molecule has 3 amide bonds. The van der Waals surface area contributed by atoms with E-state index in [0.717, 1.165) is 0 Å². The SMILES string of the molecule is CC(CNC(=O)c1cc(NC(=O)c2cc(NC(=O)c3cc([N+](=O)[O-])cn3C)cn2C)cn1C)N=CNN.Cl. The molecule has 0 saturated carbocycles. The number of carbonyl (C=O) groups is 3. The molecule has 0 spiro atoms. The molecule has 0 aliphatic heterocycles. The number of anilines is 2. The summed E-state index contributed by atoms with van der Waals surface area (Å²) in [5, 5.41) is 19.1. The Balaban J connectivity index is 0.00000507. The average molecular weight is 549 g/mol. The number of hydrazine groups is 1. The molecular formula is C22H29ClN10O5. The number of aryl methyl sites for hydroxylation is 3. The van der Waals surface area contributed by atoms with E-state index in [1.165, 1.54) is 53.1 Å². The van der Waals surface area contributed by atoms with Gasteiger partial charge in [-0.15, -0.1) is 12.4 Å². The van der Waals surface area contributed by atoms with E-state index in [1.54, 1.807) is 24.9 Å². The molecule has 16 heteroatoms. The molecule has 0 fully saturated rings. The van der Waals surface area contributed by atoms with E-state index < -0.39 is 16.7 Å². The summed E-state index contributed by atoms with van der Waals surface area (Å²) in [5.41, 5.74) is 3.49. The lowest BCUT2D eigenvalue weighted by atomic mass is 10.3. The molecule has 3 aromatic heterocycles. The summed E-state index contributed by atoms with van der Waals surface area (Å²) in [5.74, 6) is 3.77. The molecule has 0 saturated heterocycles. The maximum absolute atomic E-state index is 12.9. The highest BCUT2D eigenvalue weighted by molar-refractivity contribution is 6.07. The van der Waals surface area contributed by atoms with E-state index in [4.69, 9.17) is 5.84 Å². The Morgan fingerprint density at radius 1 is 0.947 bits per heavy atom. The van der Waals surface area contributed by atoms with E-state index in [-0.39, 0.29) is 48.0 Å². The van der Waals surface area contributed by atoms with Gasteiger partial charge in [-0.25, -0.2) is 5.84 Å². The van der Waals surface area contributed by atoms with Crippen molar-refractivity contribution in [3.8, 4) is 0 Å². The van der Waals surface area contributed by atoms with Crippen LogP contribution in [0.3, 0.4) is 0 Å². The first kappa shape index (κ1) is 29.6. The minimum Gasteiger partial charge on any atom is -0.349 e. The summed E-state index contributed by atoms with van der Waals surface area (Å²) >= 11 is 0. The Bertz CT molecular complexity index is 1370. The number of nitro groups is 1. The number of rotatable bonds is 10. The van der Waals surface area contributed by atoms with Crippen molar-refractivity contribution in [3.63, 3.8) is 0 Å². The lowest BCUT2D eigenvalue weighted by Crippen LogP contribution is -2.32. The molecule has 1 unspecified atom stereocenters. The third kappa shape index (κ3) is 6.98. The highest BCUT2D eigenvalue weighted by Gasteiger charge is 2.20. The van der Waals surface area contributed by atoms with Crippen LogP contribution in [0.2, 0.25) is 0 Å². The number of hydrogen-bond donors (Lipinski definition) is 5. The predicted molar refractivity (Wildman–Crippen MR) is 144 cm³/mol. The van der Waals surface area contributed by atoms with E-state index in [9.17, 15) is 24.5 Å². The van der Waals surface area contributed by atoms with E-state index in [2.05, 4.69) is 26.4 Å². The summed E-state index contributed by atoms with van der Waals surface area (Å²) in [4.78, 5) is 52.4. The fourth-order valence-electron chi connectivity index (χ4n) is 3.53. The van der Waals surface area contributed by atoms with Gasteiger partial charge in [0.2, 0.25) is 0 Å². The highest BCUT2D eigenvalue weighted by atomic mass is 35.5. The number of aliphatic imine (C=N–C) groups is 1. The number of hydrogen-bond acceptors (Lipinski definition) is 7. The van der Waals surface area contributed by atoms with Crippen LogP contribution in [-0.2, 0) is 21.1 Å². The minimum absolute atomic E-state index is 0. The second-order valence-electron chi connectivity index (χ2n) is 8.31. The molecular weight excluding hydrogens is 520 g/mol. The first-order valence-electron chi connectivity index (χ1n) is 11.0. The van der Waals surface area contributed by atoms with Gasteiger partial charge in [-0.05, 0) is 19.1 Å². The van der Waals surface area contributed by atoms with Gasteiger partial charge in [-0.1, -0.05) is 0 Å². The first-order valence-corrected chi connectivity index (χ1v) is 11.0. The Morgan fingerprint density at radius 3 is 1.89 bits per heavy atom. The molecule has 1 atom stereocenters. The lowest BCUT2D eigenvalue weighted by Gasteiger charge is -2.08. The Kier molecular flexibility index (Phi) is 9.78. The zero-order valence-corrected chi connectivity index (χ0v) is 21.9. The van der Waals surface area contributed by atoms with Crippen LogP contribution in [0.1, 0.15) is 38.4 Å². The zero-order chi connectivity index (χ0) is 27.3. The maximum Gasteiger partial charge on any atom is 0.287 e. The van der Waals surface area contributed by atoms with Crippen LogP contribution in [-0.4, -0.2) is 55.3 Å². The molecule has 3 rings (SSSR count). The van der Waals surface area contributed by atoms with E-state index in [1.807, 2.05) is 6.92 Å². The number of aromatic nitrogens is 3. The fourth-order valence-corrected chi connectivity index (χ4v) is 3.53. The van der Waals surface area contributed by atoms with Gasteiger partial charge in [0, 0.05) is 46.1 Å². The van der Waals surface area contributed by atoms with Crippen molar-refractivity contribution in [3.05, 3.63) is 64.0 Å². The fraction of sp³-hybridized carbons (Fsp3) is 0.273. The van der Waals surface area contributed by atoms with Crippen LogP contribution in [0.5, 0.6) is 0 Å². The van der Waals surface area contributed by atoms with E-state index >= 15 is 0 Å². The zero-order valence-electron chi connectivity index (χ0n) is 21.1. The predicted octanol–water partition coefficient (Wildman–Crippen LogP) is 1.15. The van der Waals surface area contributed by atoms with Crippen molar-refractivity contribution in [2.24, 2.45) is 32.0 Å². The number of nitrogens with zero attached hydrogens (tertiary/aromatic N) is 5. The summed E-state index contributed by atoms with van der Waals surface area (Å²) < 4.78 is 4.45. The standard InChI is InChI=1S/C22H28N10O5.ClH/c1-13(25-12-26-23)8-24-20(33)17-5-14(9-29(17)2)27-21(34)18-6-15(10-30(18)3)28-22(35)19-7-16(32(36)37)11-31(19)4;/h5-7,9-13H,8,23H2,1-4H3,(H,24,33)(H,25,26)(H,27,34)(H,28,35);1H. The second-order valence-corrected chi connectivity index (χ2v) is 8.31. The number of nitrogens with one attached hydrogen (secondary N) is 4. The second kappa shape index (κ2) is 12.6. The van der Waals surface area contributed by atoms with Gasteiger partial charge < -0.3 is 35.1 Å². The highest BCUT2D eigenvalue weighted by Crippen LogP contribution is 2.20. The molecule has 3 heterocycles. The van der Waals surface area contributed by atoms with Crippen LogP contribution in [0.15, 0.2) is 41.8 Å². The van der Waals surface area contributed by atoms with Gasteiger partial charge >= 0.3 is 0 Å². The third-order valence-corrected chi connectivity index (χ3v) is 5.39. The molecule has 0 radical (unpaired) electrons. The summed E-state index contributed by atoms with van der Waals surface area (Å²) in [6.07, 6.45) is 5.71. The molecule has 0 aliphatic rings. The quantitative estimate of drug-likeness (QED) is 0.0822. The largest absolute Gasteiger partial charge is 0.349 e. The van der Waals surface area contributed by atoms with Gasteiger partial charge in [-0.3, -0.25) is 29.5 Å². The van der Waals surface area contributed by atoms with Crippen LogP contribution in [0, 0.1) is 10.1 Å². The summed E-state index contributed by atoms with van der Waals surface area (Å²) in [6, 6.07) is 3.99. The normalized spacial score (nSPS) is 11.5. The van der Waals surface area contributed by atoms with Crippen molar-refractivity contribution >= 4 is 53.5 Å². The van der Waals surface area contributed by atoms with Crippen molar-refractivity contribution in [2.75, 3.05) is 17.2 Å². The monoisotopic (exact) mass is 548 g/mol. The van der Waals surface area contributed by atoms with Gasteiger partial charge in [0.25, 0.3) is 23.4 Å². The molecule has 3 aromatic rings. The summed E-state index contributed by atoms with van der Waals surface area (Å²) in [7, 11) is 4.83. The molecule has 204 valence electrons.